The number of hydrogen-bond acceptors (Lipinski definition) is 1. The minimum Gasteiger partial charge on any atom is -0.354 e. The van der Waals surface area contributed by atoms with Crippen LogP contribution < -0.4 is 5.32 Å². The number of nitrogens with one attached hydrogen (secondary N) is 1. The van der Waals surface area contributed by atoms with Crippen molar-refractivity contribution in [3.05, 3.63) is 24.0 Å². The van der Waals surface area contributed by atoms with Gasteiger partial charge in [0.15, 0.2) is 0 Å². The van der Waals surface area contributed by atoms with Crippen LogP contribution in [0.1, 0.15) is 46.1 Å². The molecule has 0 radical (unpaired) electrons. The number of aryl methyl sites for hydroxylation is 1. The fourth-order valence-corrected chi connectivity index (χ4v) is 1.61. The molecule has 1 aromatic heterocycles. The SMILES string of the molecule is CCCNCc1ccn(CCC(C)(C)C)c1. The number of rotatable bonds is 6. The van der Waals surface area contributed by atoms with Gasteiger partial charge >= 0.3 is 0 Å². The van der Waals surface area contributed by atoms with E-state index in [0.29, 0.717) is 5.41 Å². The van der Waals surface area contributed by atoms with E-state index in [9.17, 15) is 0 Å². The highest BCUT2D eigenvalue weighted by Gasteiger charge is 2.09. The van der Waals surface area contributed by atoms with Crippen molar-refractivity contribution in [3.8, 4) is 0 Å². The molecular formula is C14H26N2. The first-order valence-corrected chi connectivity index (χ1v) is 6.36. The largest absolute Gasteiger partial charge is 0.354 e. The number of aromatic nitrogens is 1. The molecule has 2 heteroatoms. The lowest BCUT2D eigenvalue weighted by atomic mass is 9.92. The van der Waals surface area contributed by atoms with Gasteiger partial charge in [0.1, 0.15) is 0 Å². The summed E-state index contributed by atoms with van der Waals surface area (Å²) in [5.74, 6) is 0. The van der Waals surface area contributed by atoms with Crippen LogP contribution in [0.5, 0.6) is 0 Å². The number of nitrogens with zero attached hydrogens (tertiary/aromatic N) is 1. The fourth-order valence-electron chi connectivity index (χ4n) is 1.61. The first-order valence-electron chi connectivity index (χ1n) is 6.36. The van der Waals surface area contributed by atoms with Crippen molar-refractivity contribution >= 4 is 0 Å². The molecule has 0 aliphatic heterocycles. The van der Waals surface area contributed by atoms with E-state index in [1.807, 2.05) is 0 Å². The Morgan fingerprint density at radius 3 is 2.69 bits per heavy atom. The molecule has 0 fully saturated rings. The highest BCUT2D eigenvalue weighted by molar-refractivity contribution is 5.09. The van der Waals surface area contributed by atoms with Gasteiger partial charge in [-0.25, -0.2) is 0 Å². The predicted molar refractivity (Wildman–Crippen MR) is 70.5 cm³/mol. The van der Waals surface area contributed by atoms with Crippen LogP contribution in [0.4, 0.5) is 0 Å². The summed E-state index contributed by atoms with van der Waals surface area (Å²) in [5.41, 5.74) is 1.81. The Bertz CT molecular complexity index is 294. The van der Waals surface area contributed by atoms with E-state index in [1.54, 1.807) is 0 Å². The zero-order chi connectivity index (χ0) is 12.0. The van der Waals surface area contributed by atoms with Crippen LogP contribution in [-0.4, -0.2) is 11.1 Å². The van der Waals surface area contributed by atoms with Crippen LogP contribution in [0.15, 0.2) is 18.5 Å². The van der Waals surface area contributed by atoms with Crippen molar-refractivity contribution in [2.75, 3.05) is 6.54 Å². The molecule has 16 heavy (non-hydrogen) atoms. The van der Waals surface area contributed by atoms with E-state index in [0.717, 1.165) is 19.6 Å². The average molecular weight is 222 g/mol. The normalized spacial score (nSPS) is 12.0. The summed E-state index contributed by atoms with van der Waals surface area (Å²) in [4.78, 5) is 0. The standard InChI is InChI=1S/C14H26N2/c1-5-8-15-11-13-6-9-16(12-13)10-7-14(2,3)4/h6,9,12,15H,5,7-8,10-11H2,1-4H3. The molecular weight excluding hydrogens is 196 g/mol. The van der Waals surface area contributed by atoms with Gasteiger partial charge in [-0.3, -0.25) is 0 Å². The summed E-state index contributed by atoms with van der Waals surface area (Å²) in [7, 11) is 0. The molecule has 0 aliphatic carbocycles. The molecule has 0 aliphatic rings. The Kier molecular flexibility index (Phi) is 5.07. The maximum Gasteiger partial charge on any atom is 0.0224 e. The zero-order valence-corrected chi connectivity index (χ0v) is 11.2. The first kappa shape index (κ1) is 13.3. The van der Waals surface area contributed by atoms with Crippen molar-refractivity contribution in [3.63, 3.8) is 0 Å². The van der Waals surface area contributed by atoms with Crippen LogP contribution in [-0.2, 0) is 13.1 Å². The Morgan fingerprint density at radius 2 is 2.06 bits per heavy atom. The molecule has 1 rings (SSSR count). The molecule has 0 atom stereocenters. The first-order chi connectivity index (χ1) is 7.51. The lowest BCUT2D eigenvalue weighted by molar-refractivity contribution is 0.350. The van der Waals surface area contributed by atoms with Gasteiger partial charge in [-0.15, -0.1) is 0 Å². The fraction of sp³-hybridized carbons (Fsp3) is 0.714. The predicted octanol–water partition coefficient (Wildman–Crippen LogP) is 3.42. The van der Waals surface area contributed by atoms with Crippen molar-refractivity contribution in [2.45, 2.75) is 53.6 Å². The molecule has 92 valence electrons. The topological polar surface area (TPSA) is 17.0 Å². The Morgan fingerprint density at radius 1 is 1.31 bits per heavy atom. The molecule has 0 aromatic carbocycles. The molecule has 0 bridgehead atoms. The van der Waals surface area contributed by atoms with E-state index in [2.05, 4.69) is 56.0 Å². The molecule has 1 heterocycles. The van der Waals surface area contributed by atoms with Gasteiger partial charge in [-0.1, -0.05) is 27.7 Å². The Balaban J connectivity index is 2.33. The molecule has 2 nitrogen and oxygen atoms in total. The average Bonchev–Trinajstić information content (AvgIpc) is 2.62. The molecule has 0 spiro atoms. The third-order valence-electron chi connectivity index (χ3n) is 2.69. The summed E-state index contributed by atoms with van der Waals surface area (Å²) >= 11 is 0. The van der Waals surface area contributed by atoms with Crippen LogP contribution >= 0.6 is 0 Å². The van der Waals surface area contributed by atoms with Crippen molar-refractivity contribution < 1.29 is 0 Å². The van der Waals surface area contributed by atoms with Crippen LogP contribution in [0.3, 0.4) is 0 Å². The van der Waals surface area contributed by atoms with Gasteiger partial charge < -0.3 is 9.88 Å². The molecule has 0 saturated heterocycles. The Labute approximate surface area is 100 Å². The summed E-state index contributed by atoms with van der Waals surface area (Å²) in [6.07, 6.45) is 6.87. The van der Waals surface area contributed by atoms with Crippen LogP contribution in [0.2, 0.25) is 0 Å². The molecule has 0 saturated carbocycles. The van der Waals surface area contributed by atoms with E-state index in [1.165, 1.54) is 18.4 Å². The van der Waals surface area contributed by atoms with Gasteiger partial charge in [0.25, 0.3) is 0 Å². The van der Waals surface area contributed by atoms with Crippen LogP contribution in [0.25, 0.3) is 0 Å². The maximum atomic E-state index is 3.42. The van der Waals surface area contributed by atoms with E-state index < -0.39 is 0 Å². The molecule has 1 aromatic rings. The molecule has 0 unspecified atom stereocenters. The monoisotopic (exact) mass is 222 g/mol. The van der Waals surface area contributed by atoms with Gasteiger partial charge in [-0.05, 0) is 36.4 Å². The van der Waals surface area contributed by atoms with Crippen molar-refractivity contribution in [2.24, 2.45) is 5.41 Å². The molecule has 0 amide bonds. The quantitative estimate of drug-likeness (QED) is 0.730. The highest BCUT2D eigenvalue weighted by atomic mass is 14.9. The third-order valence-corrected chi connectivity index (χ3v) is 2.69. The number of hydrogen-bond donors (Lipinski definition) is 1. The third kappa shape index (κ3) is 5.36. The van der Waals surface area contributed by atoms with Gasteiger partial charge in [0.05, 0.1) is 0 Å². The smallest absolute Gasteiger partial charge is 0.0224 e. The van der Waals surface area contributed by atoms with E-state index in [-0.39, 0.29) is 0 Å². The Hall–Kier alpha value is -0.760. The van der Waals surface area contributed by atoms with Crippen molar-refractivity contribution in [1.29, 1.82) is 0 Å². The van der Waals surface area contributed by atoms with E-state index >= 15 is 0 Å². The summed E-state index contributed by atoms with van der Waals surface area (Å²) in [5, 5.41) is 3.42. The maximum absolute atomic E-state index is 3.42. The van der Waals surface area contributed by atoms with Gasteiger partial charge in [-0.2, -0.15) is 0 Å². The van der Waals surface area contributed by atoms with Crippen molar-refractivity contribution in [1.82, 2.24) is 9.88 Å². The van der Waals surface area contributed by atoms with E-state index in [4.69, 9.17) is 0 Å². The van der Waals surface area contributed by atoms with Crippen LogP contribution in [0, 0.1) is 5.41 Å². The molecule has 1 N–H and O–H groups in total. The highest BCUT2D eigenvalue weighted by Crippen LogP contribution is 2.19. The second-order valence-electron chi connectivity index (χ2n) is 5.75. The lowest BCUT2D eigenvalue weighted by Gasteiger charge is -2.18. The second kappa shape index (κ2) is 6.09. The lowest BCUT2D eigenvalue weighted by Crippen LogP contribution is -2.13. The summed E-state index contributed by atoms with van der Waals surface area (Å²) in [6, 6.07) is 2.21. The minimum atomic E-state index is 0.422. The summed E-state index contributed by atoms with van der Waals surface area (Å²) in [6.45, 7) is 12.3. The zero-order valence-electron chi connectivity index (χ0n) is 11.2. The minimum absolute atomic E-state index is 0.422. The summed E-state index contributed by atoms with van der Waals surface area (Å²) < 4.78 is 2.30. The van der Waals surface area contributed by atoms with Gasteiger partial charge in [0.2, 0.25) is 0 Å². The van der Waals surface area contributed by atoms with Gasteiger partial charge in [0, 0.05) is 25.5 Å². The second-order valence-corrected chi connectivity index (χ2v) is 5.75.